The van der Waals surface area contributed by atoms with Gasteiger partial charge in [-0.1, -0.05) is 34.6 Å². The summed E-state index contributed by atoms with van der Waals surface area (Å²) in [4.78, 5) is 2.49. The maximum absolute atomic E-state index is 5.74. The van der Waals surface area contributed by atoms with Crippen LogP contribution in [0, 0.1) is 5.92 Å². The van der Waals surface area contributed by atoms with E-state index in [0.717, 1.165) is 58.3 Å². The topological polar surface area (TPSA) is 33.7 Å². The van der Waals surface area contributed by atoms with Crippen LogP contribution in [0.15, 0.2) is 0 Å². The summed E-state index contributed by atoms with van der Waals surface area (Å²) in [6.07, 6.45) is 1.34. The Kier molecular flexibility index (Phi) is 13.7. The first-order chi connectivity index (χ1) is 9.72. The van der Waals surface area contributed by atoms with Crippen molar-refractivity contribution in [1.82, 2.24) is 10.2 Å². The molecule has 4 heteroatoms. The highest BCUT2D eigenvalue weighted by atomic mass is 16.5. The smallest absolute Gasteiger partial charge is 0.0935 e. The molecule has 1 saturated heterocycles. The molecule has 0 aromatic rings. The number of nitrogens with zero attached hydrogens (tertiary/aromatic N) is 1. The molecule has 0 radical (unpaired) electrons. The van der Waals surface area contributed by atoms with Crippen molar-refractivity contribution in [3.05, 3.63) is 0 Å². The van der Waals surface area contributed by atoms with E-state index in [1.54, 1.807) is 0 Å². The van der Waals surface area contributed by atoms with Gasteiger partial charge in [0.05, 0.1) is 19.3 Å². The van der Waals surface area contributed by atoms with Crippen molar-refractivity contribution in [3.63, 3.8) is 0 Å². The molecule has 1 heterocycles. The normalized spacial score (nSPS) is 19.8. The van der Waals surface area contributed by atoms with Crippen molar-refractivity contribution < 1.29 is 10.9 Å². The molecular weight excluding hydrogens is 252 g/mol. The zero-order valence-corrected chi connectivity index (χ0v) is 14.3. The lowest BCUT2D eigenvalue weighted by Gasteiger charge is -2.33. The summed E-state index contributed by atoms with van der Waals surface area (Å²) in [6, 6.07) is 0. The Hall–Kier alpha value is -0.160. The Morgan fingerprint density at radius 2 is 2.15 bits per heavy atom. The van der Waals surface area contributed by atoms with Crippen molar-refractivity contribution in [2.24, 2.45) is 5.92 Å². The molecule has 0 aliphatic carbocycles. The van der Waals surface area contributed by atoms with E-state index in [2.05, 4.69) is 31.0 Å². The van der Waals surface area contributed by atoms with Crippen LogP contribution in [0.3, 0.4) is 0 Å². The van der Waals surface area contributed by atoms with Crippen molar-refractivity contribution in [1.29, 1.82) is 0 Å². The zero-order valence-electron chi connectivity index (χ0n) is 14.3. The van der Waals surface area contributed by atoms with Crippen molar-refractivity contribution >= 4 is 0 Å². The summed E-state index contributed by atoms with van der Waals surface area (Å²) in [5.74, 6) is 0.727. The van der Waals surface area contributed by atoms with Crippen LogP contribution in [0.1, 0.15) is 42.5 Å². The minimum Gasteiger partial charge on any atom is -0.379 e. The summed E-state index contributed by atoms with van der Waals surface area (Å²) in [5, 5.41) is 3.30. The lowest BCUT2D eigenvalue weighted by Crippen LogP contribution is -2.45. The van der Waals surface area contributed by atoms with Crippen molar-refractivity contribution in [2.45, 2.75) is 47.1 Å². The fourth-order valence-corrected chi connectivity index (χ4v) is 2.25. The third-order valence-corrected chi connectivity index (χ3v) is 3.04. The van der Waals surface area contributed by atoms with Gasteiger partial charge in [0.15, 0.2) is 0 Å². The Labute approximate surface area is 127 Å². The molecule has 0 aromatic carbocycles. The molecule has 1 aliphatic rings. The number of hydrogen-bond donors (Lipinski definition) is 1. The van der Waals surface area contributed by atoms with E-state index in [1.807, 2.05) is 13.8 Å². The highest BCUT2D eigenvalue weighted by Gasteiger charge is 2.20. The van der Waals surface area contributed by atoms with Crippen LogP contribution >= 0.6 is 0 Å². The Morgan fingerprint density at radius 1 is 1.40 bits per heavy atom. The second-order valence-electron chi connectivity index (χ2n) is 5.43. The molecule has 1 N–H and O–H groups in total. The van der Waals surface area contributed by atoms with Gasteiger partial charge in [-0.15, -0.1) is 0 Å². The maximum atomic E-state index is 5.74. The summed E-state index contributed by atoms with van der Waals surface area (Å²) < 4.78 is 11.4. The van der Waals surface area contributed by atoms with Gasteiger partial charge >= 0.3 is 0 Å². The molecule has 124 valence electrons. The fraction of sp³-hybridized carbons (Fsp3) is 1.00. The predicted molar refractivity (Wildman–Crippen MR) is 88.5 cm³/mol. The quantitative estimate of drug-likeness (QED) is 0.662. The number of nitrogens with one attached hydrogen (secondary N) is 1. The lowest BCUT2D eigenvalue weighted by atomic mass is 10.2. The molecule has 0 saturated carbocycles. The van der Waals surface area contributed by atoms with Gasteiger partial charge in [-0.3, -0.25) is 4.90 Å². The summed E-state index contributed by atoms with van der Waals surface area (Å²) >= 11 is 0. The van der Waals surface area contributed by atoms with Gasteiger partial charge < -0.3 is 14.8 Å². The van der Waals surface area contributed by atoms with Gasteiger partial charge in [-0.25, -0.2) is 0 Å². The van der Waals surface area contributed by atoms with Crippen LogP contribution < -0.4 is 5.32 Å². The first-order valence-corrected chi connectivity index (χ1v) is 8.34. The average Bonchev–Trinajstić information content (AvgIpc) is 2.44. The van der Waals surface area contributed by atoms with E-state index >= 15 is 0 Å². The highest BCUT2D eigenvalue weighted by molar-refractivity contribution is 4.72. The Balaban J connectivity index is 0. The molecule has 0 spiro atoms. The van der Waals surface area contributed by atoms with E-state index in [1.165, 1.54) is 6.54 Å². The number of rotatable bonds is 9. The SMILES string of the molecule is CC.CCNCCCOC[C@@H]1CN(CC(C)C)CCO1.[HH]. The van der Waals surface area contributed by atoms with E-state index in [9.17, 15) is 0 Å². The van der Waals surface area contributed by atoms with Gasteiger partial charge in [0.2, 0.25) is 0 Å². The molecule has 1 rings (SSSR count). The van der Waals surface area contributed by atoms with Crippen LogP contribution in [0.5, 0.6) is 0 Å². The van der Waals surface area contributed by atoms with Gasteiger partial charge in [0.25, 0.3) is 0 Å². The molecule has 1 fully saturated rings. The first kappa shape index (κ1) is 19.8. The third-order valence-electron chi connectivity index (χ3n) is 3.04. The maximum Gasteiger partial charge on any atom is 0.0935 e. The van der Waals surface area contributed by atoms with Gasteiger partial charge in [0.1, 0.15) is 0 Å². The summed E-state index contributed by atoms with van der Waals surface area (Å²) in [7, 11) is 0. The Bertz CT molecular complexity index is 207. The molecule has 0 unspecified atom stereocenters. The van der Waals surface area contributed by atoms with Crippen LogP contribution in [-0.4, -0.2) is 63.5 Å². The second-order valence-corrected chi connectivity index (χ2v) is 5.43. The highest BCUT2D eigenvalue weighted by Crippen LogP contribution is 2.08. The molecule has 1 atom stereocenters. The van der Waals surface area contributed by atoms with E-state index in [4.69, 9.17) is 9.47 Å². The average molecular weight is 290 g/mol. The molecule has 0 aromatic heterocycles. The van der Waals surface area contributed by atoms with Crippen molar-refractivity contribution in [3.8, 4) is 0 Å². The number of ether oxygens (including phenoxy) is 2. The van der Waals surface area contributed by atoms with E-state index in [0.29, 0.717) is 0 Å². The Morgan fingerprint density at radius 3 is 2.80 bits per heavy atom. The molecular formula is C16H38N2O2. The molecule has 4 nitrogen and oxygen atoms in total. The van der Waals surface area contributed by atoms with E-state index < -0.39 is 0 Å². The molecule has 0 bridgehead atoms. The van der Waals surface area contributed by atoms with Gasteiger partial charge in [0, 0.05) is 27.7 Å². The minimum atomic E-state index is 0. The van der Waals surface area contributed by atoms with Crippen molar-refractivity contribution in [2.75, 3.05) is 52.5 Å². The zero-order chi connectivity index (χ0) is 15.2. The summed E-state index contributed by atoms with van der Waals surface area (Å²) in [6.45, 7) is 18.4. The van der Waals surface area contributed by atoms with E-state index in [-0.39, 0.29) is 7.53 Å². The largest absolute Gasteiger partial charge is 0.379 e. The van der Waals surface area contributed by atoms with Crippen LogP contribution in [-0.2, 0) is 9.47 Å². The monoisotopic (exact) mass is 290 g/mol. The summed E-state index contributed by atoms with van der Waals surface area (Å²) in [5.41, 5.74) is 0. The van der Waals surface area contributed by atoms with Crippen LogP contribution in [0.2, 0.25) is 0 Å². The van der Waals surface area contributed by atoms with Gasteiger partial charge in [-0.05, 0) is 25.4 Å². The minimum absolute atomic E-state index is 0. The number of morpholine rings is 1. The standard InChI is InChI=1S/C14H30N2O2.C2H6.H2/c1-4-15-6-5-8-17-12-14-11-16(7-9-18-14)10-13(2)3;1-2;/h13-15H,4-12H2,1-3H3;1-2H3;1H/t14-;;/m0../s1. The van der Waals surface area contributed by atoms with Gasteiger partial charge in [-0.2, -0.15) is 0 Å². The predicted octanol–water partition coefficient (Wildman–Crippen LogP) is 2.63. The second kappa shape index (κ2) is 13.8. The van der Waals surface area contributed by atoms with Crippen LogP contribution in [0.25, 0.3) is 0 Å². The fourth-order valence-electron chi connectivity index (χ4n) is 2.25. The molecule has 1 aliphatic heterocycles. The number of hydrogen-bond acceptors (Lipinski definition) is 4. The molecule has 0 amide bonds. The lowest BCUT2D eigenvalue weighted by molar-refractivity contribution is -0.0711. The van der Waals surface area contributed by atoms with Crippen LogP contribution in [0.4, 0.5) is 0 Å². The first-order valence-electron chi connectivity index (χ1n) is 8.34. The molecule has 20 heavy (non-hydrogen) atoms. The third kappa shape index (κ3) is 10.6.